The van der Waals surface area contributed by atoms with Gasteiger partial charge in [0.2, 0.25) is 0 Å². The van der Waals surface area contributed by atoms with Crippen LogP contribution in [0, 0.1) is 0 Å². The number of ether oxygens (including phenoxy) is 1. The molecule has 0 spiro atoms. The fourth-order valence-electron chi connectivity index (χ4n) is 2.10. The monoisotopic (exact) mass is 237 g/mol. The summed E-state index contributed by atoms with van der Waals surface area (Å²) >= 11 is 0. The number of aromatic nitrogens is 2. The number of methoxy groups -OCH3 is 1. The van der Waals surface area contributed by atoms with Crippen LogP contribution in [0.15, 0.2) is 17.2 Å². The van der Waals surface area contributed by atoms with E-state index in [0.717, 1.165) is 25.8 Å². The molecule has 6 nitrogen and oxygen atoms in total. The highest BCUT2D eigenvalue weighted by atomic mass is 16.5. The Morgan fingerprint density at radius 2 is 2.41 bits per heavy atom. The average Bonchev–Trinajstić information content (AvgIpc) is 2.38. The van der Waals surface area contributed by atoms with Gasteiger partial charge in [-0.15, -0.1) is 0 Å². The number of aromatic amines is 1. The van der Waals surface area contributed by atoms with Crippen LogP contribution >= 0.6 is 0 Å². The van der Waals surface area contributed by atoms with Crippen molar-refractivity contribution in [2.75, 3.05) is 18.6 Å². The highest BCUT2D eigenvalue weighted by Crippen LogP contribution is 2.22. The topological polar surface area (TPSA) is 75.3 Å². The molecular weight excluding hydrogens is 222 g/mol. The van der Waals surface area contributed by atoms with Crippen LogP contribution in [0.25, 0.3) is 0 Å². The minimum absolute atomic E-state index is 0.218. The van der Waals surface area contributed by atoms with Gasteiger partial charge in [-0.25, -0.2) is 9.78 Å². The normalized spacial score (nSPS) is 20.1. The molecule has 0 aromatic carbocycles. The van der Waals surface area contributed by atoms with Crippen molar-refractivity contribution in [1.82, 2.24) is 9.97 Å². The molecule has 0 amide bonds. The molecule has 2 heterocycles. The number of carbonyl (C=O) groups is 1. The van der Waals surface area contributed by atoms with Crippen LogP contribution in [0.4, 0.5) is 5.82 Å². The van der Waals surface area contributed by atoms with Gasteiger partial charge in [0.15, 0.2) is 0 Å². The van der Waals surface area contributed by atoms with E-state index in [9.17, 15) is 9.59 Å². The van der Waals surface area contributed by atoms with E-state index in [1.807, 2.05) is 4.90 Å². The number of piperidine rings is 1. The molecule has 0 aliphatic carbocycles. The first-order valence-electron chi connectivity index (χ1n) is 5.61. The summed E-state index contributed by atoms with van der Waals surface area (Å²) in [5.41, 5.74) is -0.218. The molecule has 6 heteroatoms. The molecule has 1 N–H and O–H groups in total. The van der Waals surface area contributed by atoms with Crippen molar-refractivity contribution in [2.45, 2.75) is 25.3 Å². The lowest BCUT2D eigenvalue weighted by molar-refractivity contribution is -0.142. The molecule has 1 atom stereocenters. The molecule has 1 fully saturated rings. The lowest BCUT2D eigenvalue weighted by Crippen LogP contribution is -2.46. The Kier molecular flexibility index (Phi) is 3.41. The maximum absolute atomic E-state index is 11.7. The summed E-state index contributed by atoms with van der Waals surface area (Å²) in [4.78, 5) is 31.3. The summed E-state index contributed by atoms with van der Waals surface area (Å²) in [6.45, 7) is 0.718. The number of H-pyrrole nitrogens is 1. The Morgan fingerprint density at radius 1 is 1.59 bits per heavy atom. The van der Waals surface area contributed by atoms with Crippen molar-refractivity contribution in [3.8, 4) is 0 Å². The number of nitrogens with zero attached hydrogens (tertiary/aromatic N) is 2. The third-order valence-electron chi connectivity index (χ3n) is 2.93. The van der Waals surface area contributed by atoms with E-state index in [-0.39, 0.29) is 17.6 Å². The van der Waals surface area contributed by atoms with Gasteiger partial charge in [0, 0.05) is 12.6 Å². The first-order chi connectivity index (χ1) is 8.22. The third kappa shape index (κ3) is 2.46. The molecule has 92 valence electrons. The Hall–Kier alpha value is -1.85. The summed E-state index contributed by atoms with van der Waals surface area (Å²) in [7, 11) is 1.38. The van der Waals surface area contributed by atoms with Gasteiger partial charge in [-0.05, 0) is 19.3 Å². The first-order valence-corrected chi connectivity index (χ1v) is 5.61. The van der Waals surface area contributed by atoms with Crippen molar-refractivity contribution in [3.63, 3.8) is 0 Å². The van der Waals surface area contributed by atoms with Gasteiger partial charge < -0.3 is 14.6 Å². The van der Waals surface area contributed by atoms with Crippen molar-refractivity contribution < 1.29 is 9.53 Å². The molecule has 1 aliphatic rings. The van der Waals surface area contributed by atoms with E-state index in [4.69, 9.17) is 4.74 Å². The second-order valence-electron chi connectivity index (χ2n) is 4.00. The molecule has 1 saturated heterocycles. The summed E-state index contributed by atoms with van der Waals surface area (Å²) < 4.78 is 4.78. The molecule has 2 rings (SSSR count). The molecule has 1 aliphatic heterocycles. The fourth-order valence-corrected chi connectivity index (χ4v) is 2.10. The second kappa shape index (κ2) is 4.99. The summed E-state index contributed by atoms with van der Waals surface area (Å²) in [5, 5.41) is 0. The number of hydrogen-bond acceptors (Lipinski definition) is 5. The molecular formula is C11H15N3O3. The van der Waals surface area contributed by atoms with Crippen LogP contribution in [0.1, 0.15) is 19.3 Å². The second-order valence-corrected chi connectivity index (χ2v) is 4.00. The van der Waals surface area contributed by atoms with Gasteiger partial charge in [0.05, 0.1) is 13.4 Å². The van der Waals surface area contributed by atoms with E-state index in [0.29, 0.717) is 5.82 Å². The van der Waals surface area contributed by atoms with Gasteiger partial charge in [-0.2, -0.15) is 0 Å². The largest absolute Gasteiger partial charge is 0.467 e. The minimum Gasteiger partial charge on any atom is -0.467 e. The van der Waals surface area contributed by atoms with Crippen molar-refractivity contribution in [3.05, 3.63) is 22.7 Å². The number of carbonyl (C=O) groups excluding carboxylic acids is 1. The van der Waals surface area contributed by atoms with Gasteiger partial charge in [-0.3, -0.25) is 4.79 Å². The van der Waals surface area contributed by atoms with Gasteiger partial charge in [0.25, 0.3) is 5.56 Å². The number of nitrogens with one attached hydrogen (secondary N) is 1. The van der Waals surface area contributed by atoms with Crippen LogP contribution in [0.3, 0.4) is 0 Å². The maximum atomic E-state index is 11.7. The van der Waals surface area contributed by atoms with Crippen LogP contribution in [0.5, 0.6) is 0 Å². The first kappa shape index (κ1) is 11.6. The predicted octanol–water partition coefficient (Wildman–Crippen LogP) is 0.302. The smallest absolute Gasteiger partial charge is 0.328 e. The lowest BCUT2D eigenvalue weighted by Gasteiger charge is -2.34. The number of rotatable bonds is 2. The van der Waals surface area contributed by atoms with E-state index in [1.165, 1.54) is 19.5 Å². The van der Waals surface area contributed by atoms with Gasteiger partial charge >= 0.3 is 5.97 Å². The Labute approximate surface area is 98.6 Å². The molecule has 0 bridgehead atoms. The maximum Gasteiger partial charge on any atom is 0.328 e. The van der Waals surface area contributed by atoms with Gasteiger partial charge in [-0.1, -0.05) is 0 Å². The Morgan fingerprint density at radius 3 is 3.12 bits per heavy atom. The lowest BCUT2D eigenvalue weighted by atomic mass is 10.0. The van der Waals surface area contributed by atoms with Crippen LogP contribution < -0.4 is 10.5 Å². The minimum atomic E-state index is -0.331. The highest BCUT2D eigenvalue weighted by Gasteiger charge is 2.30. The molecule has 0 radical (unpaired) electrons. The van der Waals surface area contributed by atoms with E-state index >= 15 is 0 Å². The quantitative estimate of drug-likeness (QED) is 0.749. The predicted molar refractivity (Wildman–Crippen MR) is 61.9 cm³/mol. The molecule has 0 saturated carbocycles. The zero-order valence-corrected chi connectivity index (χ0v) is 9.68. The summed E-state index contributed by atoms with van der Waals surface area (Å²) in [6.07, 6.45) is 4.06. The van der Waals surface area contributed by atoms with Crippen molar-refractivity contribution >= 4 is 11.8 Å². The Bertz CT molecular complexity index is 457. The van der Waals surface area contributed by atoms with Crippen LogP contribution in [0.2, 0.25) is 0 Å². The third-order valence-corrected chi connectivity index (χ3v) is 2.93. The standard InChI is InChI=1S/C11H15N3O3/c1-17-11(16)8-4-2-3-5-14(8)9-6-10(15)13-7-12-9/h6-8H,2-5H2,1H3,(H,12,13,15). The van der Waals surface area contributed by atoms with Crippen LogP contribution in [-0.2, 0) is 9.53 Å². The SMILES string of the molecule is COC(=O)C1CCCCN1c1cc(=O)[nH]cn1. The van der Waals surface area contributed by atoms with Crippen molar-refractivity contribution in [2.24, 2.45) is 0 Å². The van der Waals surface area contributed by atoms with E-state index in [1.54, 1.807) is 0 Å². The number of anilines is 1. The average molecular weight is 237 g/mol. The molecule has 1 aromatic heterocycles. The van der Waals surface area contributed by atoms with E-state index < -0.39 is 0 Å². The van der Waals surface area contributed by atoms with Gasteiger partial charge in [0.1, 0.15) is 11.9 Å². The zero-order valence-electron chi connectivity index (χ0n) is 9.68. The number of esters is 1. The van der Waals surface area contributed by atoms with Crippen LogP contribution in [-0.4, -0.2) is 35.6 Å². The van der Waals surface area contributed by atoms with Crippen molar-refractivity contribution in [1.29, 1.82) is 0 Å². The zero-order chi connectivity index (χ0) is 12.3. The summed E-state index contributed by atoms with van der Waals surface area (Å²) in [5.74, 6) is 0.260. The highest BCUT2D eigenvalue weighted by molar-refractivity contribution is 5.79. The fraction of sp³-hybridized carbons (Fsp3) is 0.545. The molecule has 1 aromatic rings. The molecule has 17 heavy (non-hydrogen) atoms. The van der Waals surface area contributed by atoms with E-state index in [2.05, 4.69) is 9.97 Å². The summed E-state index contributed by atoms with van der Waals surface area (Å²) in [6, 6.07) is 1.07. The molecule has 1 unspecified atom stereocenters. The Balaban J connectivity index is 2.27. The number of hydrogen-bond donors (Lipinski definition) is 1.